The van der Waals surface area contributed by atoms with Crippen molar-refractivity contribution in [2.45, 2.75) is 12.5 Å². The van der Waals surface area contributed by atoms with Gasteiger partial charge in [0.15, 0.2) is 11.6 Å². The maximum Gasteiger partial charge on any atom is 0.162 e. The number of rotatable bonds is 3. The Balaban J connectivity index is 2.18. The molecule has 0 saturated heterocycles. The maximum atomic E-state index is 13.5. The van der Waals surface area contributed by atoms with Crippen molar-refractivity contribution in [1.29, 1.82) is 0 Å². The summed E-state index contributed by atoms with van der Waals surface area (Å²) in [5.74, 6) is -2.13. The average molecular weight is 251 g/mol. The molecule has 0 spiro atoms. The van der Waals surface area contributed by atoms with Crippen LogP contribution in [0.15, 0.2) is 42.5 Å². The van der Waals surface area contributed by atoms with Gasteiger partial charge in [0.2, 0.25) is 0 Å². The van der Waals surface area contributed by atoms with Crippen molar-refractivity contribution in [3.63, 3.8) is 0 Å². The molecule has 0 bridgehead atoms. The standard InChI is InChI=1S/C14H12F3N/c15-11-6-4-9(5-7-11)13(18)8-10-2-1-3-12(16)14(10)17/h1-7,13H,8,18H2. The molecule has 4 heteroatoms. The minimum atomic E-state index is -0.890. The fourth-order valence-corrected chi connectivity index (χ4v) is 1.77. The highest BCUT2D eigenvalue weighted by Crippen LogP contribution is 2.19. The summed E-state index contributed by atoms with van der Waals surface area (Å²) in [5, 5.41) is 0. The lowest BCUT2D eigenvalue weighted by Gasteiger charge is -2.12. The minimum Gasteiger partial charge on any atom is -0.324 e. The zero-order chi connectivity index (χ0) is 13.1. The molecule has 0 radical (unpaired) electrons. The van der Waals surface area contributed by atoms with E-state index in [-0.39, 0.29) is 17.8 Å². The quantitative estimate of drug-likeness (QED) is 0.889. The van der Waals surface area contributed by atoms with Gasteiger partial charge in [0.05, 0.1) is 0 Å². The maximum absolute atomic E-state index is 13.5. The Morgan fingerprint density at radius 3 is 2.28 bits per heavy atom. The highest BCUT2D eigenvalue weighted by molar-refractivity contribution is 5.25. The van der Waals surface area contributed by atoms with E-state index in [4.69, 9.17) is 5.73 Å². The summed E-state index contributed by atoms with van der Waals surface area (Å²) < 4.78 is 39.2. The van der Waals surface area contributed by atoms with E-state index >= 15 is 0 Å². The van der Waals surface area contributed by atoms with Crippen molar-refractivity contribution in [3.8, 4) is 0 Å². The molecule has 2 aromatic rings. The normalized spacial score (nSPS) is 12.4. The molecule has 0 fully saturated rings. The van der Waals surface area contributed by atoms with Crippen molar-refractivity contribution in [2.24, 2.45) is 5.73 Å². The van der Waals surface area contributed by atoms with Crippen LogP contribution in [0.3, 0.4) is 0 Å². The number of hydrogen-bond donors (Lipinski definition) is 1. The van der Waals surface area contributed by atoms with Gasteiger partial charge in [0.1, 0.15) is 5.82 Å². The summed E-state index contributed by atoms with van der Waals surface area (Å²) in [4.78, 5) is 0. The Labute approximate surface area is 103 Å². The number of benzene rings is 2. The van der Waals surface area contributed by atoms with Gasteiger partial charge in [-0.3, -0.25) is 0 Å². The van der Waals surface area contributed by atoms with E-state index in [9.17, 15) is 13.2 Å². The zero-order valence-corrected chi connectivity index (χ0v) is 9.54. The summed E-state index contributed by atoms with van der Waals surface area (Å²) in [6, 6.07) is 9.14. The van der Waals surface area contributed by atoms with Crippen molar-refractivity contribution >= 4 is 0 Å². The van der Waals surface area contributed by atoms with Gasteiger partial charge in [0.25, 0.3) is 0 Å². The molecule has 0 aromatic heterocycles. The van der Waals surface area contributed by atoms with E-state index < -0.39 is 17.7 Å². The molecule has 0 aliphatic carbocycles. The van der Waals surface area contributed by atoms with E-state index in [2.05, 4.69) is 0 Å². The molecule has 1 atom stereocenters. The Hall–Kier alpha value is -1.81. The van der Waals surface area contributed by atoms with E-state index in [0.29, 0.717) is 5.56 Å². The summed E-state index contributed by atoms with van der Waals surface area (Å²) in [7, 11) is 0. The first-order valence-corrected chi connectivity index (χ1v) is 5.52. The van der Waals surface area contributed by atoms with Crippen molar-refractivity contribution in [1.82, 2.24) is 0 Å². The lowest BCUT2D eigenvalue weighted by molar-refractivity contribution is 0.494. The Morgan fingerprint density at radius 1 is 0.944 bits per heavy atom. The van der Waals surface area contributed by atoms with Crippen LogP contribution in [-0.4, -0.2) is 0 Å². The SMILES string of the molecule is NC(Cc1cccc(F)c1F)c1ccc(F)cc1. The lowest BCUT2D eigenvalue weighted by atomic mass is 9.99. The van der Waals surface area contributed by atoms with Crippen LogP contribution < -0.4 is 5.73 Å². The van der Waals surface area contributed by atoms with Gasteiger partial charge in [-0.2, -0.15) is 0 Å². The number of halogens is 3. The van der Waals surface area contributed by atoms with Gasteiger partial charge < -0.3 is 5.73 Å². The van der Waals surface area contributed by atoms with E-state index in [0.717, 1.165) is 6.07 Å². The van der Waals surface area contributed by atoms with Crippen LogP contribution in [0.25, 0.3) is 0 Å². The fraction of sp³-hybridized carbons (Fsp3) is 0.143. The largest absolute Gasteiger partial charge is 0.324 e. The van der Waals surface area contributed by atoms with E-state index in [1.54, 1.807) is 0 Å². The third-order valence-corrected chi connectivity index (χ3v) is 2.77. The number of hydrogen-bond acceptors (Lipinski definition) is 1. The highest BCUT2D eigenvalue weighted by atomic mass is 19.2. The van der Waals surface area contributed by atoms with Crippen LogP contribution in [-0.2, 0) is 6.42 Å². The van der Waals surface area contributed by atoms with Crippen molar-refractivity contribution in [2.75, 3.05) is 0 Å². The van der Waals surface area contributed by atoms with Crippen molar-refractivity contribution < 1.29 is 13.2 Å². The minimum absolute atomic E-state index is 0.162. The molecule has 0 saturated carbocycles. The predicted octanol–water partition coefficient (Wildman–Crippen LogP) is 3.35. The second-order valence-corrected chi connectivity index (χ2v) is 4.08. The van der Waals surface area contributed by atoms with E-state index in [1.807, 2.05) is 0 Å². The molecule has 0 aliphatic heterocycles. The third-order valence-electron chi connectivity index (χ3n) is 2.77. The van der Waals surface area contributed by atoms with Gasteiger partial charge in [-0.1, -0.05) is 24.3 Å². The van der Waals surface area contributed by atoms with Gasteiger partial charge in [-0.15, -0.1) is 0 Å². The fourth-order valence-electron chi connectivity index (χ4n) is 1.77. The molecule has 0 amide bonds. The summed E-state index contributed by atoms with van der Waals surface area (Å²) in [6.45, 7) is 0. The molecular weight excluding hydrogens is 239 g/mol. The van der Waals surface area contributed by atoms with Gasteiger partial charge in [-0.25, -0.2) is 13.2 Å². The topological polar surface area (TPSA) is 26.0 Å². The van der Waals surface area contributed by atoms with Crippen LogP contribution in [0.5, 0.6) is 0 Å². The van der Waals surface area contributed by atoms with Crippen LogP contribution in [0.4, 0.5) is 13.2 Å². The molecular formula is C14H12F3N. The molecule has 1 nitrogen and oxygen atoms in total. The second kappa shape index (κ2) is 5.23. The zero-order valence-electron chi connectivity index (χ0n) is 9.54. The van der Waals surface area contributed by atoms with Crippen LogP contribution in [0, 0.1) is 17.5 Å². The van der Waals surface area contributed by atoms with Crippen LogP contribution in [0.2, 0.25) is 0 Å². The highest BCUT2D eigenvalue weighted by Gasteiger charge is 2.13. The molecule has 18 heavy (non-hydrogen) atoms. The first kappa shape index (κ1) is 12.6. The third kappa shape index (κ3) is 2.71. The first-order valence-electron chi connectivity index (χ1n) is 5.52. The summed E-state index contributed by atoms with van der Waals surface area (Å²) >= 11 is 0. The second-order valence-electron chi connectivity index (χ2n) is 4.08. The van der Waals surface area contributed by atoms with Gasteiger partial charge in [0, 0.05) is 6.04 Å². The van der Waals surface area contributed by atoms with Crippen LogP contribution in [0.1, 0.15) is 17.2 Å². The van der Waals surface area contributed by atoms with Crippen molar-refractivity contribution in [3.05, 3.63) is 71.0 Å². The smallest absolute Gasteiger partial charge is 0.162 e. The average Bonchev–Trinajstić information content (AvgIpc) is 2.36. The van der Waals surface area contributed by atoms with E-state index in [1.165, 1.54) is 36.4 Å². The molecule has 0 aliphatic rings. The van der Waals surface area contributed by atoms with Gasteiger partial charge >= 0.3 is 0 Å². The Kier molecular flexibility index (Phi) is 3.67. The lowest BCUT2D eigenvalue weighted by Crippen LogP contribution is -2.14. The Bertz CT molecular complexity index is 537. The predicted molar refractivity (Wildman–Crippen MR) is 63.4 cm³/mol. The molecule has 2 N–H and O–H groups in total. The monoisotopic (exact) mass is 251 g/mol. The molecule has 1 unspecified atom stereocenters. The summed E-state index contributed by atoms with van der Waals surface area (Å²) in [5.41, 5.74) is 6.78. The Morgan fingerprint density at radius 2 is 1.61 bits per heavy atom. The molecule has 94 valence electrons. The van der Waals surface area contributed by atoms with Gasteiger partial charge in [-0.05, 0) is 35.7 Å². The summed E-state index contributed by atoms with van der Waals surface area (Å²) in [6.07, 6.45) is 0.162. The first-order chi connectivity index (χ1) is 8.58. The molecule has 2 rings (SSSR count). The number of nitrogens with two attached hydrogens (primary N) is 1. The van der Waals surface area contributed by atoms with Crippen LogP contribution >= 0.6 is 0 Å². The molecule has 2 aromatic carbocycles. The molecule has 0 heterocycles.